The van der Waals surface area contributed by atoms with Crippen molar-refractivity contribution in [2.24, 2.45) is 5.73 Å². The van der Waals surface area contributed by atoms with Crippen LogP contribution in [0.4, 0.5) is 4.39 Å². The minimum atomic E-state index is -0.698. The van der Waals surface area contributed by atoms with Crippen molar-refractivity contribution in [1.82, 2.24) is 5.32 Å². The van der Waals surface area contributed by atoms with Crippen molar-refractivity contribution < 1.29 is 9.18 Å². The number of nitrogens with two attached hydrogens (primary N) is 1. The molecule has 1 fully saturated rings. The molecule has 0 aliphatic heterocycles. The molecule has 1 aliphatic carbocycles. The Balaban J connectivity index is 2.22. The number of halogens is 2. The predicted molar refractivity (Wildman–Crippen MR) is 81.5 cm³/mol. The maximum atomic E-state index is 13.8. The lowest BCUT2D eigenvalue weighted by atomic mass is 9.81. The average molecular weight is 315 g/mol. The van der Waals surface area contributed by atoms with Gasteiger partial charge in [-0.05, 0) is 31.0 Å². The van der Waals surface area contributed by atoms with Gasteiger partial charge in [0.15, 0.2) is 0 Å². The molecule has 1 aromatic rings. The summed E-state index contributed by atoms with van der Waals surface area (Å²) in [5.74, 6) is -1.15. The molecule has 0 heterocycles. The number of benzene rings is 1. The zero-order chi connectivity index (χ0) is 14.8. The molecule has 1 amide bonds. The molecule has 0 radical (unpaired) electrons. The van der Waals surface area contributed by atoms with Crippen LogP contribution in [0.5, 0.6) is 0 Å². The fraction of sp³-hybridized carbons (Fsp3) is 0.429. The Morgan fingerprint density at radius 1 is 1.35 bits per heavy atom. The predicted octanol–water partition coefficient (Wildman–Crippen LogP) is 3.20. The number of carbonyl (C=O) groups excluding carboxylic acids is 1. The SMILES string of the molecule is NC(=S)C1(NC(=O)c2ccc(Cl)cc2F)CCCCC1. The third-order valence-electron chi connectivity index (χ3n) is 3.71. The molecule has 0 aromatic heterocycles. The van der Waals surface area contributed by atoms with E-state index in [-0.39, 0.29) is 15.6 Å². The summed E-state index contributed by atoms with van der Waals surface area (Å²) in [6.07, 6.45) is 4.38. The Hall–Kier alpha value is -1.20. The lowest BCUT2D eigenvalue weighted by Crippen LogP contribution is -2.57. The van der Waals surface area contributed by atoms with E-state index in [0.29, 0.717) is 12.8 Å². The van der Waals surface area contributed by atoms with E-state index in [4.69, 9.17) is 29.6 Å². The average Bonchev–Trinajstić information content (AvgIpc) is 2.39. The summed E-state index contributed by atoms with van der Waals surface area (Å²) in [6.45, 7) is 0. The Morgan fingerprint density at radius 2 is 2.00 bits per heavy atom. The highest BCUT2D eigenvalue weighted by molar-refractivity contribution is 7.80. The van der Waals surface area contributed by atoms with Gasteiger partial charge in [-0.1, -0.05) is 43.1 Å². The summed E-state index contributed by atoms with van der Waals surface area (Å²) in [7, 11) is 0. The van der Waals surface area contributed by atoms with Gasteiger partial charge in [0, 0.05) is 5.02 Å². The normalized spacial score (nSPS) is 17.5. The van der Waals surface area contributed by atoms with E-state index in [2.05, 4.69) is 5.32 Å². The maximum absolute atomic E-state index is 13.8. The third-order valence-corrected chi connectivity index (χ3v) is 4.33. The van der Waals surface area contributed by atoms with Gasteiger partial charge < -0.3 is 11.1 Å². The molecule has 3 nitrogen and oxygen atoms in total. The van der Waals surface area contributed by atoms with Crippen molar-refractivity contribution in [3.8, 4) is 0 Å². The third kappa shape index (κ3) is 3.10. The molecule has 2 rings (SSSR count). The highest BCUT2D eigenvalue weighted by Crippen LogP contribution is 2.29. The van der Waals surface area contributed by atoms with E-state index in [1.54, 1.807) is 0 Å². The van der Waals surface area contributed by atoms with Gasteiger partial charge in [-0.15, -0.1) is 0 Å². The highest BCUT2D eigenvalue weighted by Gasteiger charge is 2.37. The van der Waals surface area contributed by atoms with Crippen LogP contribution in [0.2, 0.25) is 5.02 Å². The van der Waals surface area contributed by atoms with Crippen LogP contribution >= 0.6 is 23.8 Å². The zero-order valence-electron chi connectivity index (χ0n) is 10.9. The van der Waals surface area contributed by atoms with Gasteiger partial charge in [0.2, 0.25) is 0 Å². The van der Waals surface area contributed by atoms with Crippen LogP contribution in [0, 0.1) is 5.82 Å². The first kappa shape index (κ1) is 15.2. The highest BCUT2D eigenvalue weighted by atomic mass is 35.5. The monoisotopic (exact) mass is 314 g/mol. The van der Waals surface area contributed by atoms with E-state index >= 15 is 0 Å². The number of rotatable bonds is 3. The summed E-state index contributed by atoms with van der Waals surface area (Å²) in [5, 5.41) is 3.07. The van der Waals surface area contributed by atoms with E-state index in [1.807, 2.05) is 0 Å². The van der Waals surface area contributed by atoms with Crippen LogP contribution in [0.3, 0.4) is 0 Å². The lowest BCUT2D eigenvalue weighted by molar-refractivity contribution is 0.0904. The molecule has 108 valence electrons. The molecule has 0 unspecified atom stereocenters. The van der Waals surface area contributed by atoms with E-state index in [1.165, 1.54) is 12.1 Å². The Bertz CT molecular complexity index is 544. The lowest BCUT2D eigenvalue weighted by Gasteiger charge is -2.37. The van der Waals surface area contributed by atoms with Gasteiger partial charge in [-0.2, -0.15) is 0 Å². The van der Waals surface area contributed by atoms with E-state index < -0.39 is 17.3 Å². The van der Waals surface area contributed by atoms with Gasteiger partial charge in [0.25, 0.3) is 5.91 Å². The molecule has 1 aromatic carbocycles. The van der Waals surface area contributed by atoms with Gasteiger partial charge in [0.05, 0.1) is 16.1 Å². The molecule has 6 heteroatoms. The Morgan fingerprint density at radius 3 is 2.55 bits per heavy atom. The fourth-order valence-corrected chi connectivity index (χ4v) is 2.96. The number of thiocarbonyl (C=S) groups is 1. The maximum Gasteiger partial charge on any atom is 0.255 e. The number of amides is 1. The van der Waals surface area contributed by atoms with E-state index in [0.717, 1.165) is 25.3 Å². The van der Waals surface area contributed by atoms with Crippen molar-refractivity contribution in [2.45, 2.75) is 37.6 Å². The van der Waals surface area contributed by atoms with Crippen LogP contribution in [-0.4, -0.2) is 16.4 Å². The van der Waals surface area contributed by atoms with Crippen molar-refractivity contribution in [3.05, 3.63) is 34.6 Å². The summed E-state index contributed by atoms with van der Waals surface area (Å²) < 4.78 is 13.8. The van der Waals surface area contributed by atoms with Crippen LogP contribution in [-0.2, 0) is 0 Å². The van der Waals surface area contributed by atoms with Crippen molar-refractivity contribution in [2.75, 3.05) is 0 Å². The molecule has 1 saturated carbocycles. The summed E-state index contributed by atoms with van der Waals surface area (Å²) in [4.78, 5) is 12.5. The van der Waals surface area contributed by atoms with Crippen molar-refractivity contribution in [3.63, 3.8) is 0 Å². The zero-order valence-corrected chi connectivity index (χ0v) is 12.5. The summed E-state index contributed by atoms with van der Waals surface area (Å²) in [6, 6.07) is 3.96. The molecule has 1 aliphatic rings. The second kappa shape index (κ2) is 6.06. The van der Waals surface area contributed by atoms with Crippen LogP contribution in [0.1, 0.15) is 42.5 Å². The topological polar surface area (TPSA) is 55.1 Å². The number of nitrogens with one attached hydrogen (secondary N) is 1. The van der Waals surface area contributed by atoms with Gasteiger partial charge in [-0.3, -0.25) is 4.79 Å². The van der Waals surface area contributed by atoms with Crippen LogP contribution < -0.4 is 11.1 Å². The molecule has 0 atom stereocenters. The quantitative estimate of drug-likeness (QED) is 0.842. The van der Waals surface area contributed by atoms with Crippen LogP contribution in [0.15, 0.2) is 18.2 Å². The first-order valence-corrected chi connectivity index (χ1v) is 7.31. The number of hydrogen-bond acceptors (Lipinski definition) is 2. The summed E-state index contributed by atoms with van der Waals surface area (Å²) >= 11 is 10.8. The van der Waals surface area contributed by atoms with Crippen LogP contribution in [0.25, 0.3) is 0 Å². The Kier molecular flexibility index (Phi) is 4.60. The second-order valence-electron chi connectivity index (χ2n) is 5.09. The minimum Gasteiger partial charge on any atom is -0.391 e. The van der Waals surface area contributed by atoms with Gasteiger partial charge in [0.1, 0.15) is 5.82 Å². The standard InChI is InChI=1S/C14H16ClFN2OS/c15-9-4-5-10(11(16)8-9)12(19)18-14(13(17)20)6-2-1-3-7-14/h4-5,8H,1-3,6-7H2,(H2,17,20)(H,18,19). The fourth-order valence-electron chi connectivity index (χ4n) is 2.55. The first-order valence-electron chi connectivity index (χ1n) is 6.52. The second-order valence-corrected chi connectivity index (χ2v) is 5.96. The van der Waals surface area contributed by atoms with Crippen molar-refractivity contribution in [1.29, 1.82) is 0 Å². The molecule has 0 bridgehead atoms. The molecular formula is C14H16ClFN2OS. The summed E-state index contributed by atoms with van der Waals surface area (Å²) in [5.41, 5.74) is 5.05. The minimum absolute atomic E-state index is 0.0457. The van der Waals surface area contributed by atoms with Gasteiger partial charge >= 0.3 is 0 Å². The van der Waals surface area contributed by atoms with E-state index in [9.17, 15) is 9.18 Å². The molecule has 3 N–H and O–H groups in total. The number of carbonyl (C=O) groups is 1. The largest absolute Gasteiger partial charge is 0.391 e. The van der Waals surface area contributed by atoms with Gasteiger partial charge in [-0.25, -0.2) is 4.39 Å². The smallest absolute Gasteiger partial charge is 0.255 e. The Labute approximate surface area is 127 Å². The molecule has 0 spiro atoms. The molecule has 0 saturated heterocycles. The molecular weight excluding hydrogens is 299 g/mol. The molecule has 20 heavy (non-hydrogen) atoms. The van der Waals surface area contributed by atoms with Crippen molar-refractivity contribution >= 4 is 34.7 Å². The first-order chi connectivity index (χ1) is 9.44. The number of hydrogen-bond donors (Lipinski definition) is 2.